The number of nitrogens with one attached hydrogen (secondary N) is 2. The van der Waals surface area contributed by atoms with Gasteiger partial charge in [0.05, 0.1) is 23.0 Å². The monoisotopic (exact) mass is 382 g/mol. The van der Waals surface area contributed by atoms with Gasteiger partial charge in [-0.1, -0.05) is 36.4 Å². The molecule has 29 heavy (non-hydrogen) atoms. The van der Waals surface area contributed by atoms with E-state index in [1.165, 1.54) is 0 Å². The molecule has 4 rings (SSSR count). The second-order valence-electron chi connectivity index (χ2n) is 6.92. The van der Waals surface area contributed by atoms with Gasteiger partial charge < -0.3 is 0 Å². The second kappa shape index (κ2) is 8.06. The van der Waals surface area contributed by atoms with Crippen LogP contribution in [0.5, 0.6) is 0 Å². The molecule has 0 aliphatic heterocycles. The second-order valence-corrected chi connectivity index (χ2v) is 6.92. The average molecular weight is 382 g/mol. The summed E-state index contributed by atoms with van der Waals surface area (Å²) in [5, 5.41) is 10.9. The van der Waals surface area contributed by atoms with E-state index in [-0.39, 0.29) is 0 Å². The van der Waals surface area contributed by atoms with Crippen LogP contribution in [0.2, 0.25) is 0 Å². The van der Waals surface area contributed by atoms with Crippen LogP contribution in [0.1, 0.15) is 18.1 Å². The molecule has 0 fully saturated rings. The molecule has 0 unspecified atom stereocenters. The van der Waals surface area contributed by atoms with E-state index < -0.39 is 0 Å². The third kappa shape index (κ3) is 4.21. The van der Waals surface area contributed by atoms with Crippen molar-refractivity contribution in [2.24, 2.45) is 10.2 Å². The number of pyridine rings is 2. The van der Waals surface area contributed by atoms with E-state index in [1.54, 1.807) is 6.21 Å². The summed E-state index contributed by atoms with van der Waals surface area (Å²) in [5.41, 5.74) is 10.9. The molecule has 0 radical (unpaired) electrons. The topological polar surface area (TPSA) is 74.6 Å². The molecule has 2 heterocycles. The van der Waals surface area contributed by atoms with Gasteiger partial charge in [-0.15, -0.1) is 0 Å². The Morgan fingerprint density at radius 1 is 0.793 bits per heavy atom. The van der Waals surface area contributed by atoms with E-state index in [1.807, 2.05) is 55.5 Å². The van der Waals surface area contributed by atoms with Crippen LogP contribution in [-0.2, 0) is 0 Å². The Hall–Kier alpha value is -3.80. The molecule has 4 aromatic rings. The molecule has 0 spiro atoms. The van der Waals surface area contributed by atoms with Crippen molar-refractivity contribution < 1.29 is 0 Å². The Labute approximate surface area is 169 Å². The number of hydrogen-bond acceptors (Lipinski definition) is 6. The number of benzene rings is 2. The van der Waals surface area contributed by atoms with Gasteiger partial charge in [0.2, 0.25) is 0 Å². The summed E-state index contributed by atoms with van der Waals surface area (Å²) in [5.74, 6) is 1.40. The van der Waals surface area contributed by atoms with Gasteiger partial charge in [0.15, 0.2) is 0 Å². The molecular formula is C23H22N6. The van der Waals surface area contributed by atoms with E-state index in [0.29, 0.717) is 17.3 Å². The molecule has 0 atom stereocenters. The van der Waals surface area contributed by atoms with Gasteiger partial charge in [-0.2, -0.15) is 10.2 Å². The molecule has 2 aromatic carbocycles. The number of aryl methyl sites for hydroxylation is 2. The van der Waals surface area contributed by atoms with E-state index in [0.717, 1.165) is 32.9 Å². The molecule has 0 aliphatic rings. The van der Waals surface area contributed by atoms with Gasteiger partial charge in [0, 0.05) is 10.8 Å². The van der Waals surface area contributed by atoms with Crippen molar-refractivity contribution in [3.63, 3.8) is 0 Å². The fourth-order valence-corrected chi connectivity index (χ4v) is 3.18. The molecule has 0 bridgehead atoms. The van der Waals surface area contributed by atoms with E-state index in [2.05, 4.69) is 57.0 Å². The van der Waals surface area contributed by atoms with Crippen molar-refractivity contribution in [2.45, 2.75) is 20.8 Å². The Morgan fingerprint density at radius 2 is 1.31 bits per heavy atom. The minimum absolute atomic E-state index is 0.699. The first kappa shape index (κ1) is 18.6. The molecule has 6 heteroatoms. The summed E-state index contributed by atoms with van der Waals surface area (Å²) in [6.07, 6.45) is 1.65. The highest BCUT2D eigenvalue weighted by Gasteiger charge is 2.02. The molecule has 2 aromatic heterocycles. The van der Waals surface area contributed by atoms with Crippen molar-refractivity contribution in [3.05, 3.63) is 71.8 Å². The van der Waals surface area contributed by atoms with Crippen LogP contribution in [0.15, 0.2) is 70.9 Å². The highest BCUT2D eigenvalue weighted by molar-refractivity contribution is 6.29. The normalized spacial score (nSPS) is 12.0. The number of para-hydroxylation sites is 2. The van der Waals surface area contributed by atoms with Crippen LogP contribution in [-0.4, -0.2) is 21.9 Å². The third-order valence-corrected chi connectivity index (χ3v) is 4.62. The lowest BCUT2D eigenvalue weighted by atomic mass is 10.1. The molecular weight excluding hydrogens is 360 g/mol. The van der Waals surface area contributed by atoms with Crippen molar-refractivity contribution >= 4 is 45.4 Å². The van der Waals surface area contributed by atoms with Crippen molar-refractivity contribution in [3.8, 4) is 0 Å². The number of hydrogen-bond donors (Lipinski definition) is 2. The molecule has 6 nitrogen and oxygen atoms in total. The minimum atomic E-state index is 0.699. The van der Waals surface area contributed by atoms with E-state index in [4.69, 9.17) is 0 Å². The smallest absolute Gasteiger partial charge is 0.147 e. The molecule has 0 amide bonds. The number of nitrogens with zero attached hydrogens (tertiary/aromatic N) is 4. The summed E-state index contributed by atoms with van der Waals surface area (Å²) < 4.78 is 0. The summed E-state index contributed by atoms with van der Waals surface area (Å²) in [4.78, 5) is 9.16. The Kier molecular flexibility index (Phi) is 5.16. The van der Waals surface area contributed by atoms with Crippen LogP contribution in [0.4, 0.5) is 11.6 Å². The van der Waals surface area contributed by atoms with Crippen molar-refractivity contribution in [1.82, 2.24) is 9.97 Å². The summed E-state index contributed by atoms with van der Waals surface area (Å²) in [6, 6.07) is 20.1. The molecule has 2 N–H and O–H groups in total. The predicted molar refractivity (Wildman–Crippen MR) is 122 cm³/mol. The Bertz CT molecular complexity index is 1240. The minimum Gasteiger partial charge on any atom is -0.261 e. The standard InChI is InChI=1S/C23H22N6/c1-15-12-22(25-20-10-6-4-8-18(15)20)28-24-14-17(3)27-29-23-13-16(2)19-9-5-7-11-21(19)26-23/h4-14H,1-3H3,(H,25,28)(H,26,29)/b24-14+,27-17+. The van der Waals surface area contributed by atoms with Crippen LogP contribution < -0.4 is 10.9 Å². The lowest BCUT2D eigenvalue weighted by molar-refractivity contribution is 1.24. The van der Waals surface area contributed by atoms with Crippen LogP contribution in [0, 0.1) is 13.8 Å². The van der Waals surface area contributed by atoms with E-state index in [9.17, 15) is 0 Å². The molecule has 0 saturated carbocycles. The lowest BCUT2D eigenvalue weighted by Crippen LogP contribution is -2.03. The van der Waals surface area contributed by atoms with E-state index >= 15 is 0 Å². The van der Waals surface area contributed by atoms with Gasteiger partial charge in [-0.25, -0.2) is 9.97 Å². The number of anilines is 2. The van der Waals surface area contributed by atoms with Crippen LogP contribution >= 0.6 is 0 Å². The maximum Gasteiger partial charge on any atom is 0.147 e. The van der Waals surface area contributed by atoms with Crippen LogP contribution in [0.3, 0.4) is 0 Å². The first-order chi connectivity index (χ1) is 14.1. The SMILES string of the molecule is CC(/C=N/Nc1cc(C)c2ccccc2n1)=N\Nc1cc(C)c2ccccc2n1. The number of hydrazone groups is 2. The van der Waals surface area contributed by atoms with Crippen LogP contribution in [0.25, 0.3) is 21.8 Å². The highest BCUT2D eigenvalue weighted by atomic mass is 15.3. The third-order valence-electron chi connectivity index (χ3n) is 4.62. The number of aromatic nitrogens is 2. The highest BCUT2D eigenvalue weighted by Crippen LogP contribution is 2.20. The summed E-state index contributed by atoms with van der Waals surface area (Å²) in [6.45, 7) is 5.99. The molecule has 0 aliphatic carbocycles. The van der Waals surface area contributed by atoms with Gasteiger partial charge >= 0.3 is 0 Å². The Morgan fingerprint density at radius 3 is 1.90 bits per heavy atom. The summed E-state index contributed by atoms with van der Waals surface area (Å²) >= 11 is 0. The number of rotatable bonds is 5. The fraction of sp³-hybridized carbons (Fsp3) is 0.130. The van der Waals surface area contributed by atoms with Crippen molar-refractivity contribution in [1.29, 1.82) is 0 Å². The number of fused-ring (bicyclic) bond motifs is 2. The van der Waals surface area contributed by atoms with Gasteiger partial charge in [0.1, 0.15) is 11.6 Å². The average Bonchev–Trinajstić information content (AvgIpc) is 2.72. The van der Waals surface area contributed by atoms with Gasteiger partial charge in [-0.3, -0.25) is 10.9 Å². The first-order valence-electron chi connectivity index (χ1n) is 9.42. The molecule has 0 saturated heterocycles. The van der Waals surface area contributed by atoms with Gasteiger partial charge in [-0.05, 0) is 56.2 Å². The lowest BCUT2D eigenvalue weighted by Gasteiger charge is -2.06. The molecule has 144 valence electrons. The maximum atomic E-state index is 4.59. The predicted octanol–water partition coefficient (Wildman–Crippen LogP) is 5.29. The Balaban J connectivity index is 1.44. The fourth-order valence-electron chi connectivity index (χ4n) is 3.18. The van der Waals surface area contributed by atoms with Crippen molar-refractivity contribution in [2.75, 3.05) is 10.9 Å². The maximum absolute atomic E-state index is 4.59. The zero-order valence-electron chi connectivity index (χ0n) is 16.6. The quantitative estimate of drug-likeness (QED) is 0.363. The summed E-state index contributed by atoms with van der Waals surface area (Å²) in [7, 11) is 0. The zero-order chi connectivity index (χ0) is 20.2. The largest absolute Gasteiger partial charge is 0.261 e. The zero-order valence-corrected chi connectivity index (χ0v) is 16.6. The first-order valence-corrected chi connectivity index (χ1v) is 9.42. The van der Waals surface area contributed by atoms with Gasteiger partial charge in [0.25, 0.3) is 0 Å².